The van der Waals surface area contributed by atoms with Crippen molar-refractivity contribution in [2.45, 2.75) is 4.90 Å². The number of fused-ring (bicyclic) bond motifs is 1. The average Bonchev–Trinajstić information content (AvgIpc) is 2.67. The molecule has 2 aromatic rings. The highest BCUT2D eigenvalue weighted by atomic mass is 127. The minimum atomic E-state index is 0.134. The molecule has 0 radical (unpaired) electrons. The first-order chi connectivity index (χ1) is 8.74. The van der Waals surface area contributed by atoms with Gasteiger partial charge in [0.15, 0.2) is 0 Å². The number of thioether (sulfide) groups is 1. The van der Waals surface area contributed by atoms with Crippen molar-refractivity contribution in [3.8, 4) is 0 Å². The van der Waals surface area contributed by atoms with E-state index in [1.54, 1.807) is 11.8 Å². The van der Waals surface area contributed by atoms with Crippen LogP contribution in [0.4, 0.5) is 0 Å². The fraction of sp³-hybridized carbons (Fsp3) is 0. The number of ketones is 1. The van der Waals surface area contributed by atoms with Crippen LogP contribution in [0, 0.1) is 3.57 Å². The van der Waals surface area contributed by atoms with E-state index >= 15 is 0 Å². The highest BCUT2D eigenvalue weighted by molar-refractivity contribution is 14.1. The van der Waals surface area contributed by atoms with E-state index < -0.39 is 0 Å². The van der Waals surface area contributed by atoms with Crippen LogP contribution in [0.15, 0.2) is 58.3 Å². The summed E-state index contributed by atoms with van der Waals surface area (Å²) >= 11 is 3.83. The van der Waals surface area contributed by atoms with Gasteiger partial charge in [-0.3, -0.25) is 4.79 Å². The number of Topliss-reactive ketones (excluding diaryl/α,β-unsaturated/α-hetero) is 1. The number of carbonyl (C=O) groups is 1. The Bertz CT molecular complexity index is 661. The summed E-state index contributed by atoms with van der Waals surface area (Å²) in [5, 5.41) is 0. The van der Waals surface area contributed by atoms with Gasteiger partial charge in [-0.25, -0.2) is 0 Å². The molecule has 0 atom stereocenters. The summed E-state index contributed by atoms with van der Waals surface area (Å²) in [6.07, 6.45) is 1.97. The first-order valence-corrected chi connectivity index (χ1v) is 7.42. The number of carbonyl (C=O) groups excluding carboxylic acids is 1. The fourth-order valence-corrected chi connectivity index (χ4v) is 3.50. The molecule has 1 aliphatic rings. The Labute approximate surface area is 123 Å². The molecular formula is C15H9IOS. The van der Waals surface area contributed by atoms with E-state index in [1.165, 1.54) is 3.57 Å². The van der Waals surface area contributed by atoms with E-state index in [1.807, 2.05) is 48.5 Å². The number of hydrogen-bond donors (Lipinski definition) is 0. The second-order valence-electron chi connectivity index (χ2n) is 3.99. The Morgan fingerprint density at radius 3 is 2.67 bits per heavy atom. The number of allylic oxidation sites excluding steroid dienone is 1. The van der Waals surface area contributed by atoms with Crippen molar-refractivity contribution < 1.29 is 4.79 Å². The van der Waals surface area contributed by atoms with Crippen LogP contribution in [-0.4, -0.2) is 5.78 Å². The lowest BCUT2D eigenvalue weighted by Crippen LogP contribution is -1.93. The number of halogens is 1. The molecular weight excluding hydrogens is 355 g/mol. The van der Waals surface area contributed by atoms with Crippen molar-refractivity contribution in [1.82, 2.24) is 0 Å². The van der Waals surface area contributed by atoms with Crippen molar-refractivity contribution in [2.24, 2.45) is 0 Å². The van der Waals surface area contributed by atoms with Crippen LogP contribution in [-0.2, 0) is 0 Å². The largest absolute Gasteiger partial charge is 0.288 e. The van der Waals surface area contributed by atoms with Crippen LogP contribution in [0.3, 0.4) is 0 Å². The minimum Gasteiger partial charge on any atom is -0.288 e. The molecule has 1 heterocycles. The molecule has 3 heteroatoms. The lowest BCUT2D eigenvalue weighted by Gasteiger charge is -1.97. The van der Waals surface area contributed by atoms with E-state index in [0.29, 0.717) is 0 Å². The van der Waals surface area contributed by atoms with Crippen LogP contribution in [0.5, 0.6) is 0 Å². The highest BCUT2D eigenvalue weighted by Crippen LogP contribution is 2.40. The summed E-state index contributed by atoms with van der Waals surface area (Å²) in [7, 11) is 0. The molecule has 0 aromatic heterocycles. The lowest BCUT2D eigenvalue weighted by atomic mass is 10.1. The zero-order valence-electron chi connectivity index (χ0n) is 9.39. The summed E-state index contributed by atoms with van der Waals surface area (Å²) in [5.41, 5.74) is 1.89. The van der Waals surface area contributed by atoms with Gasteiger partial charge in [0.1, 0.15) is 0 Å². The van der Waals surface area contributed by atoms with Crippen molar-refractivity contribution in [1.29, 1.82) is 0 Å². The van der Waals surface area contributed by atoms with Gasteiger partial charge in [0.2, 0.25) is 5.78 Å². The zero-order chi connectivity index (χ0) is 12.5. The summed E-state index contributed by atoms with van der Waals surface area (Å²) in [6, 6.07) is 15.9. The predicted octanol–water partition coefficient (Wildman–Crippen LogP) is 4.62. The van der Waals surface area contributed by atoms with Gasteiger partial charge in [0, 0.05) is 14.0 Å². The van der Waals surface area contributed by atoms with E-state index in [9.17, 15) is 4.79 Å². The van der Waals surface area contributed by atoms with E-state index in [4.69, 9.17) is 0 Å². The molecule has 0 N–H and O–H groups in total. The summed E-state index contributed by atoms with van der Waals surface area (Å²) in [6.45, 7) is 0. The number of hydrogen-bond acceptors (Lipinski definition) is 2. The quantitative estimate of drug-likeness (QED) is 0.543. The number of benzene rings is 2. The Kier molecular flexibility index (Phi) is 3.26. The molecule has 18 heavy (non-hydrogen) atoms. The smallest absolute Gasteiger partial charge is 0.200 e. The van der Waals surface area contributed by atoms with Crippen LogP contribution in [0.1, 0.15) is 15.9 Å². The first kappa shape index (κ1) is 12.0. The third-order valence-electron chi connectivity index (χ3n) is 2.72. The summed E-state index contributed by atoms with van der Waals surface area (Å²) < 4.78 is 1.18. The first-order valence-electron chi connectivity index (χ1n) is 5.53. The SMILES string of the molecule is O=C1/C(=C\c2cccc(I)c2)Sc2ccccc21. The van der Waals surface area contributed by atoms with E-state index in [0.717, 1.165) is 20.9 Å². The third-order valence-corrected chi connectivity index (χ3v) is 4.49. The van der Waals surface area contributed by atoms with Gasteiger partial charge in [-0.2, -0.15) is 0 Å². The van der Waals surface area contributed by atoms with Crippen molar-refractivity contribution >= 4 is 46.2 Å². The second-order valence-corrected chi connectivity index (χ2v) is 6.32. The van der Waals surface area contributed by atoms with Gasteiger partial charge in [-0.15, -0.1) is 0 Å². The van der Waals surface area contributed by atoms with Crippen molar-refractivity contribution in [3.05, 3.63) is 68.1 Å². The molecule has 0 saturated heterocycles. The zero-order valence-corrected chi connectivity index (χ0v) is 12.4. The number of rotatable bonds is 1. The molecule has 0 spiro atoms. The lowest BCUT2D eigenvalue weighted by molar-refractivity contribution is 0.104. The van der Waals surface area contributed by atoms with Gasteiger partial charge in [0.05, 0.1) is 4.91 Å². The summed E-state index contributed by atoms with van der Waals surface area (Å²) in [4.78, 5) is 14.1. The van der Waals surface area contributed by atoms with E-state index in [-0.39, 0.29) is 5.78 Å². The van der Waals surface area contributed by atoms with Crippen molar-refractivity contribution in [3.63, 3.8) is 0 Å². The molecule has 1 nitrogen and oxygen atoms in total. The molecule has 88 valence electrons. The van der Waals surface area contributed by atoms with Gasteiger partial charge in [-0.1, -0.05) is 36.0 Å². The van der Waals surface area contributed by atoms with Crippen LogP contribution in [0.25, 0.3) is 6.08 Å². The van der Waals surface area contributed by atoms with Crippen LogP contribution >= 0.6 is 34.4 Å². The minimum absolute atomic E-state index is 0.134. The van der Waals surface area contributed by atoms with Gasteiger partial charge in [0.25, 0.3) is 0 Å². The Morgan fingerprint density at radius 2 is 1.89 bits per heavy atom. The van der Waals surface area contributed by atoms with Gasteiger partial charge >= 0.3 is 0 Å². The topological polar surface area (TPSA) is 17.1 Å². The summed E-state index contributed by atoms with van der Waals surface area (Å²) in [5.74, 6) is 0.134. The molecule has 0 saturated carbocycles. The molecule has 3 rings (SSSR count). The van der Waals surface area contributed by atoms with E-state index in [2.05, 4.69) is 28.7 Å². The standard InChI is InChI=1S/C15H9IOS/c16-11-5-3-4-10(8-11)9-14-15(17)12-6-1-2-7-13(12)18-14/h1-9H/b14-9+. The normalized spacial score (nSPS) is 16.1. The third kappa shape index (κ3) is 2.24. The molecule has 2 aromatic carbocycles. The highest BCUT2D eigenvalue weighted by Gasteiger charge is 2.24. The molecule has 0 amide bonds. The molecule has 0 fully saturated rings. The maximum Gasteiger partial charge on any atom is 0.200 e. The van der Waals surface area contributed by atoms with Crippen LogP contribution in [0.2, 0.25) is 0 Å². The predicted molar refractivity (Wildman–Crippen MR) is 83.8 cm³/mol. The van der Waals surface area contributed by atoms with Crippen LogP contribution < -0.4 is 0 Å². The van der Waals surface area contributed by atoms with Gasteiger partial charge in [-0.05, 0) is 58.5 Å². The molecule has 0 aliphatic carbocycles. The monoisotopic (exact) mass is 364 g/mol. The average molecular weight is 364 g/mol. The molecule has 1 aliphatic heterocycles. The Hall–Kier alpha value is -1.07. The maximum atomic E-state index is 12.2. The Morgan fingerprint density at radius 1 is 1.06 bits per heavy atom. The molecule has 0 unspecified atom stereocenters. The fourth-order valence-electron chi connectivity index (χ4n) is 1.88. The second kappa shape index (κ2) is 4.90. The van der Waals surface area contributed by atoms with Crippen molar-refractivity contribution in [2.75, 3.05) is 0 Å². The Balaban J connectivity index is 1.99. The van der Waals surface area contributed by atoms with Gasteiger partial charge < -0.3 is 0 Å². The maximum absolute atomic E-state index is 12.2. The molecule has 0 bridgehead atoms.